The quantitative estimate of drug-likeness (QED) is 0.182. The molecule has 0 fully saturated rings. The molecule has 12 rings (SSSR count). The van der Waals surface area contributed by atoms with Crippen LogP contribution in [0, 0.1) is 0 Å². The molecule has 0 aliphatic heterocycles. The topological polar surface area (TPSA) is 48.5 Å². The third-order valence-corrected chi connectivity index (χ3v) is 12.1. The Labute approximate surface area is 319 Å². The van der Waals surface area contributed by atoms with E-state index < -0.39 is 0 Å². The second kappa shape index (κ2) is 11.7. The molecule has 8 aromatic carbocycles. The van der Waals surface area contributed by atoms with Crippen LogP contribution in [0.1, 0.15) is 0 Å². The van der Waals surface area contributed by atoms with Gasteiger partial charge >= 0.3 is 0 Å². The molecule has 4 aromatic heterocycles. The number of hydrogen-bond acceptors (Lipinski definition) is 4. The Morgan fingerprint density at radius 2 is 0.891 bits per heavy atom. The number of nitrogens with zero attached hydrogens (tertiary/aromatic N) is 5. The van der Waals surface area contributed by atoms with Crippen molar-refractivity contribution in [2.45, 2.75) is 0 Å². The second-order valence-electron chi connectivity index (χ2n) is 14.0. The first-order valence-corrected chi connectivity index (χ1v) is 19.3. The van der Waals surface area contributed by atoms with Gasteiger partial charge in [-0.25, -0.2) is 4.98 Å². The average molecular weight is 720 g/mol. The number of fused-ring (bicyclic) bond motifs is 12. The lowest BCUT2D eigenvalue weighted by Crippen LogP contribution is -2.06. The molecule has 0 atom stereocenters. The van der Waals surface area contributed by atoms with Crippen molar-refractivity contribution in [3.8, 4) is 34.4 Å². The van der Waals surface area contributed by atoms with Gasteiger partial charge in [0.25, 0.3) is 0 Å². The molecule has 55 heavy (non-hydrogen) atoms. The van der Waals surface area contributed by atoms with Crippen LogP contribution in [0.3, 0.4) is 0 Å². The zero-order valence-corrected chi connectivity index (χ0v) is 30.2. The Balaban J connectivity index is 1.26. The average Bonchev–Trinajstić information content (AvgIpc) is 3.91. The Morgan fingerprint density at radius 3 is 1.51 bits per heavy atom. The van der Waals surface area contributed by atoms with Crippen molar-refractivity contribution in [1.29, 1.82) is 0 Å². The third-order valence-electron chi connectivity index (χ3n) is 10.9. The Bertz CT molecular complexity index is 3430. The second-order valence-corrected chi connectivity index (χ2v) is 15.1. The maximum Gasteiger partial charge on any atom is 0.238 e. The number of aromatic nitrogens is 5. The minimum Gasteiger partial charge on any atom is -0.309 e. The summed E-state index contributed by atoms with van der Waals surface area (Å²) in [5.74, 6) is 1.86. The molecule has 12 aromatic rings. The molecule has 0 N–H and O–H groups in total. The first-order valence-electron chi connectivity index (χ1n) is 18.5. The van der Waals surface area contributed by atoms with Crippen LogP contribution in [0.4, 0.5) is 0 Å². The molecule has 0 radical (unpaired) electrons. The van der Waals surface area contributed by atoms with E-state index in [9.17, 15) is 0 Å². The summed E-state index contributed by atoms with van der Waals surface area (Å²) < 4.78 is 7.21. The standard InChI is InChI=1S/C49H29N5S/c1-3-14-31(15-4-1)47-50-48(32-16-5-2-6-17-32)52-49(51-47)54-40-22-12-10-20-36(40)38-26-28-42-44(46(38)54)43-41(55-42)27-25-37-35-19-9-11-21-39(35)53(45(37)43)34-24-23-30-13-7-8-18-33(30)29-34/h1-29H. The van der Waals surface area contributed by atoms with Crippen LogP contribution in [0.2, 0.25) is 0 Å². The molecule has 0 amide bonds. The fourth-order valence-corrected chi connectivity index (χ4v) is 9.65. The van der Waals surface area contributed by atoms with E-state index in [1.54, 1.807) is 0 Å². The Morgan fingerprint density at radius 1 is 0.382 bits per heavy atom. The fourth-order valence-electron chi connectivity index (χ4n) is 8.54. The van der Waals surface area contributed by atoms with E-state index in [-0.39, 0.29) is 0 Å². The van der Waals surface area contributed by atoms with E-state index in [2.05, 4.69) is 149 Å². The summed E-state index contributed by atoms with van der Waals surface area (Å²) in [5.41, 5.74) is 7.56. The highest BCUT2D eigenvalue weighted by atomic mass is 32.1. The van der Waals surface area contributed by atoms with E-state index in [1.807, 2.05) is 47.7 Å². The van der Waals surface area contributed by atoms with Gasteiger partial charge < -0.3 is 4.57 Å². The maximum absolute atomic E-state index is 5.27. The zero-order valence-electron chi connectivity index (χ0n) is 29.4. The molecule has 0 saturated heterocycles. The normalized spacial score (nSPS) is 12.0. The third kappa shape index (κ3) is 4.49. The van der Waals surface area contributed by atoms with Gasteiger partial charge in [0.05, 0.1) is 22.1 Å². The van der Waals surface area contributed by atoms with Crippen molar-refractivity contribution in [1.82, 2.24) is 24.1 Å². The lowest BCUT2D eigenvalue weighted by atomic mass is 10.0. The van der Waals surface area contributed by atoms with Crippen molar-refractivity contribution in [2.75, 3.05) is 0 Å². The molecular weight excluding hydrogens is 691 g/mol. The Kier molecular flexibility index (Phi) is 6.44. The molecule has 5 nitrogen and oxygen atoms in total. The summed E-state index contributed by atoms with van der Waals surface area (Å²) >= 11 is 1.84. The smallest absolute Gasteiger partial charge is 0.238 e. The van der Waals surface area contributed by atoms with Gasteiger partial charge in [0.1, 0.15) is 0 Å². The molecular formula is C49H29N5S. The number of rotatable bonds is 4. The van der Waals surface area contributed by atoms with Gasteiger partial charge in [-0.15, -0.1) is 11.3 Å². The molecule has 0 aliphatic rings. The van der Waals surface area contributed by atoms with E-state index in [0.29, 0.717) is 17.6 Å². The number of thiophene rings is 1. The molecule has 0 bridgehead atoms. The SMILES string of the molecule is c1ccc(-c2nc(-c3ccccc3)nc(-n3c4ccccc4c4ccc5sc6ccc7c8ccccc8n(-c8ccc9ccccc9c8)c7c6c5c43)n2)cc1. The van der Waals surface area contributed by atoms with Gasteiger partial charge in [0.15, 0.2) is 11.6 Å². The lowest BCUT2D eigenvalue weighted by Gasteiger charge is -2.12. The van der Waals surface area contributed by atoms with Gasteiger partial charge in [-0.2, -0.15) is 9.97 Å². The maximum atomic E-state index is 5.27. The van der Waals surface area contributed by atoms with Crippen LogP contribution in [0.5, 0.6) is 0 Å². The zero-order chi connectivity index (χ0) is 36.0. The van der Waals surface area contributed by atoms with Crippen molar-refractivity contribution in [2.24, 2.45) is 0 Å². The van der Waals surface area contributed by atoms with Gasteiger partial charge in [-0.3, -0.25) is 4.57 Å². The summed E-state index contributed by atoms with van der Waals surface area (Å²) in [6.45, 7) is 0. The van der Waals surface area contributed by atoms with Crippen molar-refractivity contribution in [3.63, 3.8) is 0 Å². The van der Waals surface area contributed by atoms with Crippen LogP contribution < -0.4 is 0 Å². The van der Waals surface area contributed by atoms with Crippen molar-refractivity contribution >= 4 is 85.9 Å². The number of para-hydroxylation sites is 2. The summed E-state index contributed by atoms with van der Waals surface area (Å²) in [5, 5.41) is 9.66. The monoisotopic (exact) mass is 719 g/mol. The highest BCUT2D eigenvalue weighted by Crippen LogP contribution is 2.47. The first-order chi connectivity index (χ1) is 27.3. The predicted octanol–water partition coefficient (Wildman–Crippen LogP) is 12.9. The fraction of sp³-hybridized carbons (Fsp3) is 0. The lowest BCUT2D eigenvalue weighted by molar-refractivity contribution is 0.955. The van der Waals surface area contributed by atoms with Gasteiger partial charge in [0, 0.05) is 58.5 Å². The molecule has 0 unspecified atom stereocenters. The summed E-state index contributed by atoms with van der Waals surface area (Å²) in [4.78, 5) is 15.6. The molecule has 4 heterocycles. The van der Waals surface area contributed by atoms with E-state index in [1.165, 1.54) is 52.8 Å². The summed E-state index contributed by atoms with van der Waals surface area (Å²) in [6.07, 6.45) is 0. The van der Waals surface area contributed by atoms with E-state index >= 15 is 0 Å². The summed E-state index contributed by atoms with van der Waals surface area (Å²) in [6, 6.07) is 62.4. The van der Waals surface area contributed by atoms with E-state index in [0.717, 1.165) is 38.6 Å². The minimum atomic E-state index is 0.591. The van der Waals surface area contributed by atoms with E-state index in [4.69, 9.17) is 15.0 Å². The molecule has 0 aliphatic carbocycles. The van der Waals surface area contributed by atoms with Gasteiger partial charge in [0.2, 0.25) is 5.95 Å². The van der Waals surface area contributed by atoms with Crippen LogP contribution >= 0.6 is 11.3 Å². The van der Waals surface area contributed by atoms with Gasteiger partial charge in [-0.1, -0.05) is 140 Å². The number of benzene rings is 8. The predicted molar refractivity (Wildman–Crippen MR) is 230 cm³/mol. The van der Waals surface area contributed by atoms with Crippen LogP contribution in [0.25, 0.3) is 109 Å². The molecule has 0 saturated carbocycles. The van der Waals surface area contributed by atoms with Crippen LogP contribution in [0.15, 0.2) is 176 Å². The summed E-state index contributed by atoms with van der Waals surface area (Å²) in [7, 11) is 0. The molecule has 256 valence electrons. The van der Waals surface area contributed by atoms with Crippen LogP contribution in [-0.2, 0) is 0 Å². The molecule has 0 spiro atoms. The minimum absolute atomic E-state index is 0.591. The first kappa shape index (κ1) is 30.3. The highest BCUT2D eigenvalue weighted by molar-refractivity contribution is 7.26. The van der Waals surface area contributed by atoms with Crippen molar-refractivity contribution in [3.05, 3.63) is 176 Å². The van der Waals surface area contributed by atoms with Gasteiger partial charge in [-0.05, 0) is 47.2 Å². The van der Waals surface area contributed by atoms with Crippen molar-refractivity contribution < 1.29 is 0 Å². The number of hydrogen-bond donors (Lipinski definition) is 0. The van der Waals surface area contributed by atoms with Crippen LogP contribution in [-0.4, -0.2) is 24.1 Å². The highest BCUT2D eigenvalue weighted by Gasteiger charge is 2.24. The largest absolute Gasteiger partial charge is 0.309 e. The molecule has 6 heteroatoms. The Hall–Kier alpha value is -7.15.